The van der Waals surface area contributed by atoms with Crippen molar-refractivity contribution in [1.29, 1.82) is 0 Å². The minimum absolute atomic E-state index is 0.426. The van der Waals surface area contributed by atoms with Gasteiger partial charge in [0.2, 0.25) is 0 Å². The molecule has 0 aliphatic heterocycles. The van der Waals surface area contributed by atoms with Gasteiger partial charge in [-0.25, -0.2) is 9.48 Å². The van der Waals surface area contributed by atoms with E-state index in [1.54, 1.807) is 6.07 Å². The second-order valence-electron chi connectivity index (χ2n) is 3.88. The predicted molar refractivity (Wildman–Crippen MR) is 66.3 cm³/mol. The molecule has 1 aromatic carbocycles. The van der Waals surface area contributed by atoms with E-state index in [2.05, 4.69) is 5.10 Å². The molecule has 2 aromatic rings. The Kier molecular flexibility index (Phi) is 3.23. The molecule has 0 aliphatic carbocycles. The van der Waals surface area contributed by atoms with Crippen molar-refractivity contribution in [2.24, 2.45) is 0 Å². The zero-order valence-electron chi connectivity index (χ0n) is 9.78. The van der Waals surface area contributed by atoms with Crippen molar-refractivity contribution < 1.29 is 9.90 Å². The lowest BCUT2D eigenvalue weighted by atomic mass is 10.1. The van der Waals surface area contributed by atoms with Gasteiger partial charge in [-0.3, -0.25) is 4.79 Å². The molecule has 0 saturated heterocycles. The lowest BCUT2D eigenvalue weighted by Crippen LogP contribution is -2.29. The highest BCUT2D eigenvalue weighted by Gasteiger charge is 2.16. The average molecular weight is 244 g/mol. The van der Waals surface area contributed by atoms with Crippen LogP contribution in [0.25, 0.3) is 11.3 Å². The molecule has 5 nitrogen and oxygen atoms in total. The molecular formula is C13H12N2O3. The van der Waals surface area contributed by atoms with E-state index in [1.165, 1.54) is 13.0 Å². The molecule has 0 amide bonds. The molecule has 1 unspecified atom stereocenters. The van der Waals surface area contributed by atoms with Gasteiger partial charge in [0.25, 0.3) is 5.56 Å². The van der Waals surface area contributed by atoms with Crippen molar-refractivity contribution in [2.75, 3.05) is 0 Å². The molecule has 0 fully saturated rings. The fourth-order valence-corrected chi connectivity index (χ4v) is 1.57. The first-order chi connectivity index (χ1) is 8.59. The smallest absolute Gasteiger partial charge is 0.328 e. The summed E-state index contributed by atoms with van der Waals surface area (Å²) in [4.78, 5) is 22.5. The van der Waals surface area contributed by atoms with E-state index >= 15 is 0 Å². The Morgan fingerprint density at radius 3 is 2.50 bits per heavy atom. The number of aromatic nitrogens is 2. The highest BCUT2D eigenvalue weighted by atomic mass is 16.4. The van der Waals surface area contributed by atoms with Crippen LogP contribution < -0.4 is 5.56 Å². The summed E-state index contributed by atoms with van der Waals surface area (Å²) in [6.07, 6.45) is 0. The maximum absolute atomic E-state index is 11.6. The molecule has 0 saturated carbocycles. The Bertz CT molecular complexity index is 620. The fourth-order valence-electron chi connectivity index (χ4n) is 1.57. The summed E-state index contributed by atoms with van der Waals surface area (Å²) in [7, 11) is 0. The van der Waals surface area contributed by atoms with Crippen molar-refractivity contribution in [3.63, 3.8) is 0 Å². The van der Waals surface area contributed by atoms with Crippen LogP contribution in [-0.2, 0) is 4.79 Å². The molecule has 0 radical (unpaired) electrons. The number of carboxylic acid groups (broad SMARTS) is 1. The molecule has 0 spiro atoms. The van der Waals surface area contributed by atoms with Gasteiger partial charge in [0.05, 0.1) is 5.69 Å². The Balaban J connectivity index is 2.51. The third-order valence-electron chi connectivity index (χ3n) is 2.62. The number of carboxylic acids is 1. The molecule has 2 rings (SSSR count). The third-order valence-corrected chi connectivity index (χ3v) is 2.62. The summed E-state index contributed by atoms with van der Waals surface area (Å²) in [5.41, 5.74) is 0.983. The number of nitrogens with zero attached hydrogens (tertiary/aromatic N) is 2. The molecule has 1 heterocycles. The van der Waals surface area contributed by atoms with E-state index in [4.69, 9.17) is 5.11 Å². The first kappa shape index (κ1) is 12.0. The second-order valence-corrected chi connectivity index (χ2v) is 3.88. The van der Waals surface area contributed by atoms with Gasteiger partial charge >= 0.3 is 5.97 Å². The quantitative estimate of drug-likeness (QED) is 0.889. The van der Waals surface area contributed by atoms with Crippen LogP contribution in [0, 0.1) is 0 Å². The van der Waals surface area contributed by atoms with E-state index in [0.29, 0.717) is 5.69 Å². The zero-order chi connectivity index (χ0) is 13.1. The highest BCUT2D eigenvalue weighted by Crippen LogP contribution is 2.15. The van der Waals surface area contributed by atoms with Gasteiger partial charge in [0.1, 0.15) is 0 Å². The number of aliphatic carboxylic acids is 1. The van der Waals surface area contributed by atoms with E-state index in [-0.39, 0.29) is 0 Å². The van der Waals surface area contributed by atoms with Gasteiger partial charge in [-0.1, -0.05) is 30.3 Å². The van der Waals surface area contributed by atoms with Crippen molar-refractivity contribution in [1.82, 2.24) is 9.78 Å². The molecule has 1 aromatic heterocycles. The number of benzene rings is 1. The maximum Gasteiger partial charge on any atom is 0.328 e. The topological polar surface area (TPSA) is 72.2 Å². The van der Waals surface area contributed by atoms with Gasteiger partial charge in [0.15, 0.2) is 6.04 Å². The minimum atomic E-state index is -1.09. The summed E-state index contributed by atoms with van der Waals surface area (Å²) in [5.74, 6) is -1.09. The van der Waals surface area contributed by atoms with Crippen molar-refractivity contribution in [3.05, 3.63) is 52.8 Å². The fraction of sp³-hybridized carbons (Fsp3) is 0.154. The molecule has 92 valence electrons. The lowest BCUT2D eigenvalue weighted by Gasteiger charge is -2.10. The first-order valence-corrected chi connectivity index (χ1v) is 5.47. The van der Waals surface area contributed by atoms with Crippen molar-refractivity contribution in [3.8, 4) is 11.3 Å². The molecule has 0 aliphatic rings. The molecular weight excluding hydrogens is 232 g/mol. The van der Waals surface area contributed by atoms with E-state index in [0.717, 1.165) is 10.2 Å². The molecule has 5 heteroatoms. The predicted octanol–water partition coefficient (Wildman–Crippen LogP) is 1.56. The summed E-state index contributed by atoms with van der Waals surface area (Å²) in [5, 5.41) is 13.0. The number of hydrogen-bond donors (Lipinski definition) is 1. The monoisotopic (exact) mass is 244 g/mol. The van der Waals surface area contributed by atoms with Crippen LogP contribution in [0.5, 0.6) is 0 Å². The Morgan fingerprint density at radius 2 is 1.89 bits per heavy atom. The SMILES string of the molecule is CC(C(=O)O)n1nc(-c2ccccc2)ccc1=O. The summed E-state index contributed by atoms with van der Waals surface area (Å²) in [6.45, 7) is 1.42. The standard InChI is InChI=1S/C13H12N2O3/c1-9(13(17)18)15-12(16)8-7-11(14-15)10-5-3-2-4-6-10/h2-9H,1H3,(H,17,18). The van der Waals surface area contributed by atoms with E-state index < -0.39 is 17.6 Å². The van der Waals surface area contributed by atoms with Crippen LogP contribution in [0.1, 0.15) is 13.0 Å². The van der Waals surface area contributed by atoms with E-state index in [9.17, 15) is 9.59 Å². The van der Waals surface area contributed by atoms with Crippen molar-refractivity contribution in [2.45, 2.75) is 13.0 Å². The second kappa shape index (κ2) is 4.83. The first-order valence-electron chi connectivity index (χ1n) is 5.47. The van der Waals surface area contributed by atoms with Crippen LogP contribution >= 0.6 is 0 Å². The maximum atomic E-state index is 11.6. The van der Waals surface area contributed by atoms with Crippen LogP contribution in [0.3, 0.4) is 0 Å². The van der Waals surface area contributed by atoms with Crippen LogP contribution in [-0.4, -0.2) is 20.9 Å². The van der Waals surface area contributed by atoms with Gasteiger partial charge in [-0.05, 0) is 13.0 Å². The summed E-state index contributed by atoms with van der Waals surface area (Å²) < 4.78 is 0.977. The zero-order valence-corrected chi connectivity index (χ0v) is 9.78. The summed E-state index contributed by atoms with van der Waals surface area (Å²) >= 11 is 0. The lowest BCUT2D eigenvalue weighted by molar-refractivity contribution is -0.140. The van der Waals surface area contributed by atoms with Gasteiger partial charge in [-0.2, -0.15) is 5.10 Å². The Hall–Kier alpha value is -2.43. The Morgan fingerprint density at radius 1 is 1.22 bits per heavy atom. The number of carbonyl (C=O) groups is 1. The third kappa shape index (κ3) is 2.29. The van der Waals surface area contributed by atoms with E-state index in [1.807, 2.05) is 30.3 Å². The highest BCUT2D eigenvalue weighted by molar-refractivity contribution is 5.71. The van der Waals surface area contributed by atoms with Crippen LogP contribution in [0.15, 0.2) is 47.3 Å². The summed E-state index contributed by atoms with van der Waals surface area (Å²) in [6, 6.07) is 11.2. The van der Waals surface area contributed by atoms with Crippen LogP contribution in [0.4, 0.5) is 0 Å². The van der Waals surface area contributed by atoms with Gasteiger partial charge < -0.3 is 5.11 Å². The average Bonchev–Trinajstić information content (AvgIpc) is 2.39. The molecule has 0 bridgehead atoms. The van der Waals surface area contributed by atoms with Gasteiger partial charge in [-0.15, -0.1) is 0 Å². The molecule has 1 atom stereocenters. The molecule has 1 N–H and O–H groups in total. The number of hydrogen-bond acceptors (Lipinski definition) is 3. The minimum Gasteiger partial charge on any atom is -0.480 e. The van der Waals surface area contributed by atoms with Gasteiger partial charge in [0, 0.05) is 11.6 Å². The number of rotatable bonds is 3. The largest absolute Gasteiger partial charge is 0.480 e. The molecule has 18 heavy (non-hydrogen) atoms. The van der Waals surface area contributed by atoms with Crippen LogP contribution in [0.2, 0.25) is 0 Å². The Labute approximate surface area is 103 Å². The van der Waals surface area contributed by atoms with Crippen molar-refractivity contribution >= 4 is 5.97 Å². The normalized spacial score (nSPS) is 12.1.